The van der Waals surface area contributed by atoms with Gasteiger partial charge in [-0.05, 0) is 48.6 Å². The fraction of sp³-hybridized carbons (Fsp3) is 0.190. The Labute approximate surface area is 158 Å². The second kappa shape index (κ2) is 7.13. The molecule has 1 fully saturated rings. The highest BCUT2D eigenvalue weighted by Crippen LogP contribution is 2.26. The fourth-order valence-corrected chi connectivity index (χ4v) is 4.80. The van der Waals surface area contributed by atoms with Crippen LogP contribution in [0.3, 0.4) is 0 Å². The van der Waals surface area contributed by atoms with Crippen LogP contribution in [0.5, 0.6) is 5.75 Å². The van der Waals surface area contributed by atoms with Crippen molar-refractivity contribution >= 4 is 26.8 Å². The lowest BCUT2D eigenvalue weighted by molar-refractivity contribution is 0.0737. The average molecular weight is 381 g/mol. The number of hydrogen-bond donors (Lipinski definition) is 0. The number of hydrogen-bond acceptors (Lipinski definition) is 4. The number of sulfonamides is 1. The highest BCUT2D eigenvalue weighted by atomic mass is 32.2. The lowest BCUT2D eigenvalue weighted by Crippen LogP contribution is -2.27. The smallest absolute Gasteiger partial charge is 0.343 e. The van der Waals surface area contributed by atoms with Gasteiger partial charge in [0.05, 0.1) is 10.5 Å². The van der Waals surface area contributed by atoms with E-state index in [1.165, 1.54) is 28.6 Å². The predicted molar refractivity (Wildman–Crippen MR) is 103 cm³/mol. The Bertz CT molecular complexity index is 1080. The van der Waals surface area contributed by atoms with Gasteiger partial charge in [0, 0.05) is 18.5 Å². The number of carbonyl (C=O) groups excluding carboxylic acids is 1. The summed E-state index contributed by atoms with van der Waals surface area (Å²) in [6.45, 7) is 1.10. The van der Waals surface area contributed by atoms with Crippen LogP contribution in [0.4, 0.5) is 0 Å². The van der Waals surface area contributed by atoms with Crippen LogP contribution >= 0.6 is 0 Å². The molecule has 3 aromatic rings. The first-order valence-electron chi connectivity index (χ1n) is 8.86. The maximum Gasteiger partial charge on any atom is 0.343 e. The summed E-state index contributed by atoms with van der Waals surface area (Å²) >= 11 is 0. The fourth-order valence-electron chi connectivity index (χ4n) is 3.28. The third kappa shape index (κ3) is 3.46. The van der Waals surface area contributed by atoms with Crippen molar-refractivity contribution < 1.29 is 17.9 Å². The summed E-state index contributed by atoms with van der Waals surface area (Å²) in [5, 5.41) is 1.83. The van der Waals surface area contributed by atoms with E-state index in [1.54, 1.807) is 6.07 Å². The molecule has 0 aromatic heterocycles. The molecule has 3 aromatic carbocycles. The molecule has 4 rings (SSSR count). The third-order valence-electron chi connectivity index (χ3n) is 4.75. The number of benzene rings is 3. The van der Waals surface area contributed by atoms with Crippen molar-refractivity contribution in [3.8, 4) is 5.75 Å². The number of nitrogens with zero attached hydrogens (tertiary/aromatic N) is 1. The van der Waals surface area contributed by atoms with Crippen LogP contribution in [0.2, 0.25) is 0 Å². The van der Waals surface area contributed by atoms with Crippen LogP contribution in [0.15, 0.2) is 71.6 Å². The second-order valence-electron chi connectivity index (χ2n) is 6.50. The molecule has 1 heterocycles. The molecule has 0 spiro atoms. The van der Waals surface area contributed by atoms with E-state index in [0.29, 0.717) is 24.4 Å². The zero-order valence-corrected chi connectivity index (χ0v) is 15.5. The maximum atomic E-state index is 12.6. The Morgan fingerprint density at radius 2 is 1.52 bits per heavy atom. The summed E-state index contributed by atoms with van der Waals surface area (Å²) in [5.74, 6) is -0.0386. The zero-order chi connectivity index (χ0) is 18.9. The Morgan fingerprint density at radius 1 is 0.852 bits per heavy atom. The number of rotatable bonds is 4. The second-order valence-corrected chi connectivity index (χ2v) is 8.44. The van der Waals surface area contributed by atoms with Gasteiger partial charge in [0.2, 0.25) is 10.0 Å². The van der Waals surface area contributed by atoms with Gasteiger partial charge in [0.1, 0.15) is 5.75 Å². The van der Waals surface area contributed by atoms with E-state index in [-0.39, 0.29) is 4.90 Å². The van der Waals surface area contributed by atoms with Crippen LogP contribution in [0, 0.1) is 0 Å². The van der Waals surface area contributed by atoms with E-state index < -0.39 is 16.0 Å². The van der Waals surface area contributed by atoms with Crippen molar-refractivity contribution in [2.24, 2.45) is 0 Å². The lowest BCUT2D eigenvalue weighted by atomic mass is 10.1. The summed E-state index contributed by atoms with van der Waals surface area (Å²) in [4.78, 5) is 12.7. The molecule has 1 saturated heterocycles. The lowest BCUT2D eigenvalue weighted by Gasteiger charge is -2.15. The first kappa shape index (κ1) is 17.7. The summed E-state index contributed by atoms with van der Waals surface area (Å²) in [7, 11) is -3.49. The van der Waals surface area contributed by atoms with Crippen molar-refractivity contribution in [2.45, 2.75) is 17.7 Å². The van der Waals surface area contributed by atoms with Crippen LogP contribution in [0.1, 0.15) is 23.2 Å². The van der Waals surface area contributed by atoms with E-state index in [0.717, 1.165) is 23.6 Å². The molecule has 5 nitrogen and oxygen atoms in total. The van der Waals surface area contributed by atoms with E-state index in [2.05, 4.69) is 0 Å². The zero-order valence-electron chi connectivity index (χ0n) is 14.7. The normalized spacial score (nSPS) is 15.1. The Hall–Kier alpha value is -2.70. The van der Waals surface area contributed by atoms with E-state index in [9.17, 15) is 13.2 Å². The van der Waals surface area contributed by atoms with Crippen molar-refractivity contribution in [1.82, 2.24) is 4.31 Å². The summed E-state index contributed by atoms with van der Waals surface area (Å²) < 4.78 is 32.1. The first-order valence-corrected chi connectivity index (χ1v) is 10.3. The quantitative estimate of drug-likeness (QED) is 0.509. The van der Waals surface area contributed by atoms with Gasteiger partial charge in [0.15, 0.2) is 0 Å². The molecule has 27 heavy (non-hydrogen) atoms. The van der Waals surface area contributed by atoms with Crippen molar-refractivity contribution in [1.29, 1.82) is 0 Å². The Morgan fingerprint density at radius 3 is 2.26 bits per heavy atom. The van der Waals surface area contributed by atoms with E-state index in [1.807, 2.05) is 36.4 Å². The minimum Gasteiger partial charge on any atom is -0.422 e. The number of ether oxygens (including phenoxy) is 1. The standard InChI is InChI=1S/C21H19NO4S/c23-21(26-20-9-5-7-16-6-1-2-8-19(16)20)17-10-12-18(13-11-17)27(24,25)22-14-3-4-15-22/h1-2,5-13H,3-4,14-15H2. The van der Waals surface area contributed by atoms with Gasteiger partial charge in [-0.2, -0.15) is 4.31 Å². The van der Waals surface area contributed by atoms with Gasteiger partial charge in [-0.15, -0.1) is 0 Å². The molecule has 1 aliphatic rings. The van der Waals surface area contributed by atoms with Gasteiger partial charge < -0.3 is 4.74 Å². The molecule has 1 aliphatic heterocycles. The van der Waals surface area contributed by atoms with Crippen molar-refractivity contribution in [2.75, 3.05) is 13.1 Å². The number of fused-ring (bicyclic) bond motifs is 1. The predicted octanol–water partition coefficient (Wildman–Crippen LogP) is 3.84. The molecule has 0 atom stereocenters. The van der Waals surface area contributed by atoms with Gasteiger partial charge in [0.25, 0.3) is 0 Å². The largest absolute Gasteiger partial charge is 0.422 e. The van der Waals surface area contributed by atoms with Gasteiger partial charge in [-0.1, -0.05) is 36.4 Å². The molecule has 138 valence electrons. The highest BCUT2D eigenvalue weighted by molar-refractivity contribution is 7.89. The van der Waals surface area contributed by atoms with Gasteiger partial charge in [-0.25, -0.2) is 13.2 Å². The molecule has 0 radical (unpaired) electrons. The molecular weight excluding hydrogens is 362 g/mol. The maximum absolute atomic E-state index is 12.6. The van der Waals surface area contributed by atoms with E-state index in [4.69, 9.17) is 4.74 Å². The molecule has 0 N–H and O–H groups in total. The van der Waals surface area contributed by atoms with Crippen LogP contribution in [0.25, 0.3) is 10.8 Å². The average Bonchev–Trinajstić information content (AvgIpc) is 3.24. The molecule has 0 amide bonds. The van der Waals surface area contributed by atoms with Gasteiger partial charge in [-0.3, -0.25) is 0 Å². The van der Waals surface area contributed by atoms with E-state index >= 15 is 0 Å². The Balaban J connectivity index is 1.56. The van der Waals surface area contributed by atoms with Crippen molar-refractivity contribution in [3.63, 3.8) is 0 Å². The molecular formula is C21H19NO4S. The van der Waals surface area contributed by atoms with Crippen molar-refractivity contribution in [3.05, 3.63) is 72.3 Å². The first-order chi connectivity index (χ1) is 13.1. The van der Waals surface area contributed by atoms with Crippen LogP contribution in [-0.2, 0) is 10.0 Å². The molecule has 0 aliphatic carbocycles. The minimum atomic E-state index is -3.49. The molecule has 0 bridgehead atoms. The number of carbonyl (C=O) groups is 1. The molecule has 6 heteroatoms. The Kier molecular flexibility index (Phi) is 4.68. The van der Waals surface area contributed by atoms with Gasteiger partial charge >= 0.3 is 5.97 Å². The SMILES string of the molecule is O=C(Oc1cccc2ccccc12)c1ccc(S(=O)(=O)N2CCCC2)cc1. The summed E-state index contributed by atoms with van der Waals surface area (Å²) in [5.41, 5.74) is 0.309. The van der Waals surface area contributed by atoms with Crippen LogP contribution < -0.4 is 4.74 Å². The number of esters is 1. The topological polar surface area (TPSA) is 63.7 Å². The van der Waals surface area contributed by atoms with Crippen LogP contribution in [-0.4, -0.2) is 31.8 Å². The minimum absolute atomic E-state index is 0.200. The molecule has 0 unspecified atom stereocenters. The highest BCUT2D eigenvalue weighted by Gasteiger charge is 2.27. The molecule has 0 saturated carbocycles. The summed E-state index contributed by atoms with van der Waals surface area (Å²) in [6.07, 6.45) is 1.77. The monoisotopic (exact) mass is 381 g/mol. The third-order valence-corrected chi connectivity index (χ3v) is 6.66. The summed E-state index contributed by atoms with van der Waals surface area (Å²) in [6, 6.07) is 19.1.